The second-order valence-electron chi connectivity index (χ2n) is 3.96. The Labute approximate surface area is 105 Å². The maximum absolute atomic E-state index is 11.4. The molecule has 2 rings (SSSR count). The summed E-state index contributed by atoms with van der Waals surface area (Å²) in [5.74, 6) is 0.451. The minimum atomic E-state index is -0.223. The number of halogens is 1. The lowest BCUT2D eigenvalue weighted by Gasteiger charge is -2.12. The van der Waals surface area contributed by atoms with Gasteiger partial charge in [0.05, 0.1) is 26.5 Å². The van der Waals surface area contributed by atoms with Crippen LogP contribution in [0.4, 0.5) is 5.69 Å². The van der Waals surface area contributed by atoms with E-state index in [9.17, 15) is 4.79 Å². The van der Waals surface area contributed by atoms with Gasteiger partial charge in [0.25, 0.3) is 0 Å². The topological polar surface area (TPSA) is 38.5 Å². The average Bonchev–Trinajstić information content (AvgIpc) is 3.11. The Morgan fingerprint density at radius 1 is 1.47 bits per heavy atom. The first-order valence-electron chi connectivity index (χ1n) is 5.27. The molecule has 0 aromatic heterocycles. The molecule has 1 heterocycles. The molecule has 5 heteroatoms. The molecular formula is C12H14ClNO3. The Balaban J connectivity index is 2.28. The summed E-state index contributed by atoms with van der Waals surface area (Å²) >= 11 is 6.03. The van der Waals surface area contributed by atoms with Gasteiger partial charge in [-0.2, -0.15) is 0 Å². The molecule has 0 N–H and O–H groups in total. The lowest BCUT2D eigenvalue weighted by Crippen LogP contribution is -2.14. The van der Waals surface area contributed by atoms with E-state index in [1.54, 1.807) is 13.2 Å². The largest absolute Gasteiger partial charge is 0.495 e. The molecule has 1 aromatic rings. The third-order valence-electron chi connectivity index (χ3n) is 2.86. The highest BCUT2D eigenvalue weighted by molar-refractivity contribution is 6.31. The second-order valence-corrected chi connectivity index (χ2v) is 4.37. The van der Waals surface area contributed by atoms with Crippen molar-refractivity contribution in [1.82, 2.24) is 0 Å². The van der Waals surface area contributed by atoms with Crippen LogP contribution in [0.5, 0.6) is 5.75 Å². The van der Waals surface area contributed by atoms with Crippen molar-refractivity contribution in [3.05, 3.63) is 22.7 Å². The first-order valence-corrected chi connectivity index (χ1v) is 5.65. The summed E-state index contributed by atoms with van der Waals surface area (Å²) in [7, 11) is 2.98. The highest BCUT2D eigenvalue weighted by Crippen LogP contribution is 2.39. The van der Waals surface area contributed by atoms with E-state index < -0.39 is 0 Å². The molecule has 0 bridgehead atoms. The van der Waals surface area contributed by atoms with E-state index in [1.165, 1.54) is 7.11 Å². The van der Waals surface area contributed by atoms with Crippen molar-refractivity contribution in [2.45, 2.75) is 13.0 Å². The number of methoxy groups -OCH3 is 2. The molecule has 1 fully saturated rings. The third-order valence-corrected chi connectivity index (χ3v) is 3.26. The van der Waals surface area contributed by atoms with E-state index in [-0.39, 0.29) is 12.0 Å². The minimum Gasteiger partial charge on any atom is -0.495 e. The molecular weight excluding hydrogens is 242 g/mol. The van der Waals surface area contributed by atoms with E-state index in [4.69, 9.17) is 21.1 Å². The Morgan fingerprint density at radius 2 is 2.18 bits per heavy atom. The van der Waals surface area contributed by atoms with Gasteiger partial charge in [0.2, 0.25) is 0 Å². The van der Waals surface area contributed by atoms with Crippen LogP contribution >= 0.6 is 11.6 Å². The maximum Gasteiger partial charge on any atom is 0.330 e. The summed E-state index contributed by atoms with van der Waals surface area (Å²) in [5, 5.41) is 0.655. The molecule has 1 atom stereocenters. The molecule has 1 aliphatic heterocycles. The lowest BCUT2D eigenvalue weighted by atomic mass is 10.2. The number of benzene rings is 1. The molecule has 1 unspecified atom stereocenters. The fraction of sp³-hybridized carbons (Fsp3) is 0.417. The molecule has 4 nitrogen and oxygen atoms in total. The van der Waals surface area contributed by atoms with E-state index in [1.807, 2.05) is 17.9 Å². The number of carbonyl (C=O) groups is 1. The molecule has 0 aliphatic carbocycles. The number of ether oxygens (including phenoxy) is 2. The quantitative estimate of drug-likeness (QED) is 0.612. The van der Waals surface area contributed by atoms with Crippen molar-refractivity contribution in [2.75, 3.05) is 25.7 Å². The van der Waals surface area contributed by atoms with E-state index in [0.29, 0.717) is 17.3 Å². The van der Waals surface area contributed by atoms with Crippen molar-refractivity contribution < 1.29 is 14.3 Å². The van der Waals surface area contributed by atoms with Gasteiger partial charge in [-0.1, -0.05) is 11.6 Å². The summed E-state index contributed by atoms with van der Waals surface area (Å²) in [6.45, 7) is 2.58. The van der Waals surface area contributed by atoms with Crippen LogP contribution in [0.1, 0.15) is 5.56 Å². The molecule has 0 amide bonds. The highest BCUT2D eigenvalue weighted by Gasteiger charge is 2.43. The third kappa shape index (κ3) is 2.17. The van der Waals surface area contributed by atoms with Crippen LogP contribution in [-0.4, -0.2) is 32.8 Å². The SMILES string of the molecule is COC(=O)C1CN1c1cc(C)c(Cl)cc1OC. The summed E-state index contributed by atoms with van der Waals surface area (Å²) < 4.78 is 9.97. The van der Waals surface area contributed by atoms with E-state index in [2.05, 4.69) is 0 Å². The smallest absolute Gasteiger partial charge is 0.330 e. The Morgan fingerprint density at radius 3 is 2.76 bits per heavy atom. The number of aryl methyl sites for hydroxylation is 1. The number of anilines is 1. The van der Waals surface area contributed by atoms with Crippen LogP contribution in [-0.2, 0) is 9.53 Å². The summed E-state index contributed by atoms with van der Waals surface area (Å²) in [6.07, 6.45) is 0. The first-order chi connectivity index (χ1) is 8.08. The van der Waals surface area contributed by atoms with Crippen molar-refractivity contribution >= 4 is 23.3 Å². The van der Waals surface area contributed by atoms with Gasteiger partial charge in [0, 0.05) is 11.1 Å². The molecule has 1 aliphatic rings. The monoisotopic (exact) mass is 255 g/mol. The Kier molecular flexibility index (Phi) is 3.15. The van der Waals surface area contributed by atoms with Gasteiger partial charge < -0.3 is 14.4 Å². The predicted octanol–water partition coefficient (Wildman–Crippen LogP) is 2.02. The van der Waals surface area contributed by atoms with Crippen LogP contribution in [0, 0.1) is 6.92 Å². The lowest BCUT2D eigenvalue weighted by molar-refractivity contribution is -0.139. The molecule has 0 spiro atoms. The normalized spacial score (nSPS) is 17.9. The second kappa shape index (κ2) is 4.45. The number of carbonyl (C=O) groups excluding carboxylic acids is 1. The summed E-state index contributed by atoms with van der Waals surface area (Å²) in [6, 6.07) is 3.48. The average molecular weight is 256 g/mol. The van der Waals surface area contributed by atoms with Gasteiger partial charge in [-0.15, -0.1) is 0 Å². The van der Waals surface area contributed by atoms with Crippen molar-refractivity contribution in [3.8, 4) is 5.75 Å². The van der Waals surface area contributed by atoms with Gasteiger partial charge in [0.15, 0.2) is 0 Å². The molecule has 0 saturated carbocycles. The van der Waals surface area contributed by atoms with Gasteiger partial charge in [-0.05, 0) is 18.6 Å². The van der Waals surface area contributed by atoms with Gasteiger partial charge in [-0.25, -0.2) is 4.79 Å². The molecule has 1 aromatic carbocycles. The standard InChI is InChI=1S/C12H14ClNO3/c1-7-4-9(11(16-2)5-8(7)13)14-6-10(14)12(15)17-3/h4-5,10H,6H2,1-3H3. The highest BCUT2D eigenvalue weighted by atomic mass is 35.5. The minimum absolute atomic E-state index is 0.200. The van der Waals surface area contributed by atoms with E-state index in [0.717, 1.165) is 11.3 Å². The maximum atomic E-state index is 11.4. The zero-order valence-electron chi connectivity index (χ0n) is 9.99. The fourth-order valence-corrected chi connectivity index (χ4v) is 1.93. The van der Waals surface area contributed by atoms with Crippen molar-refractivity contribution in [1.29, 1.82) is 0 Å². The first kappa shape index (κ1) is 12.0. The number of hydrogen-bond donors (Lipinski definition) is 0. The van der Waals surface area contributed by atoms with Crippen LogP contribution in [0.3, 0.4) is 0 Å². The van der Waals surface area contributed by atoms with Gasteiger partial charge in [0.1, 0.15) is 11.8 Å². The number of esters is 1. The number of rotatable bonds is 3. The molecule has 1 saturated heterocycles. The Hall–Kier alpha value is -1.42. The van der Waals surface area contributed by atoms with Crippen LogP contribution < -0.4 is 9.64 Å². The summed E-state index contributed by atoms with van der Waals surface area (Å²) in [4.78, 5) is 13.3. The Bertz CT molecular complexity index is 461. The molecule has 92 valence electrons. The molecule has 0 radical (unpaired) electrons. The van der Waals surface area contributed by atoms with Crippen molar-refractivity contribution in [3.63, 3.8) is 0 Å². The van der Waals surface area contributed by atoms with Crippen LogP contribution in [0.25, 0.3) is 0 Å². The summed E-state index contributed by atoms with van der Waals surface area (Å²) in [5.41, 5.74) is 1.84. The van der Waals surface area contributed by atoms with Gasteiger partial charge in [-0.3, -0.25) is 0 Å². The van der Waals surface area contributed by atoms with Crippen LogP contribution in [0.15, 0.2) is 12.1 Å². The van der Waals surface area contributed by atoms with E-state index >= 15 is 0 Å². The van der Waals surface area contributed by atoms with Crippen LogP contribution in [0.2, 0.25) is 5.02 Å². The zero-order valence-corrected chi connectivity index (χ0v) is 10.7. The zero-order chi connectivity index (χ0) is 12.6. The fourth-order valence-electron chi connectivity index (χ4n) is 1.78. The van der Waals surface area contributed by atoms with Gasteiger partial charge >= 0.3 is 5.97 Å². The molecule has 17 heavy (non-hydrogen) atoms. The predicted molar refractivity (Wildman–Crippen MR) is 65.9 cm³/mol. The number of nitrogens with zero attached hydrogens (tertiary/aromatic N) is 1. The van der Waals surface area contributed by atoms with Crippen molar-refractivity contribution in [2.24, 2.45) is 0 Å². The number of hydrogen-bond acceptors (Lipinski definition) is 4.